The molecule has 0 unspecified atom stereocenters. The van der Waals surface area contributed by atoms with Gasteiger partial charge in [0.2, 0.25) is 0 Å². The van der Waals surface area contributed by atoms with Crippen molar-refractivity contribution in [3.05, 3.63) is 71.1 Å². The summed E-state index contributed by atoms with van der Waals surface area (Å²) in [4.78, 5) is 3.33. The number of nitrogens with zero attached hydrogens (tertiary/aromatic N) is 1. The highest BCUT2D eigenvalue weighted by molar-refractivity contribution is 7.94. The van der Waals surface area contributed by atoms with Gasteiger partial charge in [-0.3, -0.25) is 4.72 Å². The van der Waals surface area contributed by atoms with Crippen LogP contribution in [-0.2, 0) is 22.9 Å². The molecule has 0 saturated heterocycles. The fraction of sp³-hybridized carbons (Fsp3) is 0.200. The Kier molecular flexibility index (Phi) is 4.46. The second-order valence-electron chi connectivity index (χ2n) is 6.26. The van der Waals surface area contributed by atoms with Gasteiger partial charge in [0.1, 0.15) is 4.21 Å². The highest BCUT2D eigenvalue weighted by atomic mass is 32.2. The second-order valence-corrected chi connectivity index (χ2v) is 9.33. The number of anilines is 3. The van der Waals surface area contributed by atoms with Crippen LogP contribution in [0.4, 0.5) is 17.1 Å². The molecule has 0 saturated carbocycles. The van der Waals surface area contributed by atoms with E-state index in [2.05, 4.69) is 27.8 Å². The summed E-state index contributed by atoms with van der Waals surface area (Å²) in [6.45, 7) is 2.96. The highest BCUT2D eigenvalue weighted by Crippen LogP contribution is 2.35. The van der Waals surface area contributed by atoms with Crippen LogP contribution in [0, 0.1) is 0 Å². The topological polar surface area (TPSA) is 49.4 Å². The summed E-state index contributed by atoms with van der Waals surface area (Å²) in [6.07, 6.45) is 1.87. The molecule has 0 atom stereocenters. The van der Waals surface area contributed by atoms with Gasteiger partial charge >= 0.3 is 0 Å². The third kappa shape index (κ3) is 3.22. The van der Waals surface area contributed by atoms with E-state index in [0.717, 1.165) is 30.0 Å². The number of para-hydroxylation sites is 1. The lowest BCUT2D eigenvalue weighted by Crippen LogP contribution is -2.14. The molecule has 4 nitrogen and oxygen atoms in total. The van der Waals surface area contributed by atoms with Crippen LogP contribution in [0.25, 0.3) is 0 Å². The molecule has 0 fully saturated rings. The number of hydrogen-bond acceptors (Lipinski definition) is 4. The quantitative estimate of drug-likeness (QED) is 0.687. The molecule has 134 valence electrons. The molecule has 1 aliphatic heterocycles. The van der Waals surface area contributed by atoms with Gasteiger partial charge in [0, 0.05) is 28.5 Å². The van der Waals surface area contributed by atoms with Crippen molar-refractivity contribution < 1.29 is 8.42 Å². The summed E-state index contributed by atoms with van der Waals surface area (Å²) in [5.74, 6) is 0. The molecule has 2 heterocycles. The molecule has 6 heteroatoms. The highest BCUT2D eigenvalue weighted by Gasteiger charge is 2.20. The molecule has 0 aliphatic carbocycles. The molecule has 1 aromatic heterocycles. The zero-order valence-electron chi connectivity index (χ0n) is 14.5. The van der Waals surface area contributed by atoms with Crippen LogP contribution in [0.5, 0.6) is 0 Å². The van der Waals surface area contributed by atoms with E-state index >= 15 is 0 Å². The van der Waals surface area contributed by atoms with Crippen molar-refractivity contribution in [1.82, 2.24) is 0 Å². The molecular formula is C20H20N2O2S2. The molecule has 0 spiro atoms. The smallest absolute Gasteiger partial charge is 0.271 e. The normalized spacial score (nSPS) is 13.7. The Morgan fingerprint density at radius 1 is 1.04 bits per heavy atom. The zero-order chi connectivity index (χ0) is 18.1. The van der Waals surface area contributed by atoms with Crippen molar-refractivity contribution in [3.8, 4) is 0 Å². The molecule has 0 bridgehead atoms. The second kappa shape index (κ2) is 6.78. The van der Waals surface area contributed by atoms with Gasteiger partial charge in [-0.1, -0.05) is 25.1 Å². The van der Waals surface area contributed by atoms with Crippen LogP contribution in [0.15, 0.2) is 64.9 Å². The third-order valence-electron chi connectivity index (χ3n) is 4.57. The molecule has 26 heavy (non-hydrogen) atoms. The first-order valence-corrected chi connectivity index (χ1v) is 10.9. The van der Waals surface area contributed by atoms with Gasteiger partial charge in [0.15, 0.2) is 0 Å². The van der Waals surface area contributed by atoms with Crippen LogP contribution in [-0.4, -0.2) is 15.0 Å². The monoisotopic (exact) mass is 384 g/mol. The van der Waals surface area contributed by atoms with Crippen molar-refractivity contribution in [2.45, 2.75) is 24.0 Å². The summed E-state index contributed by atoms with van der Waals surface area (Å²) in [5.41, 5.74) is 4.23. The van der Waals surface area contributed by atoms with E-state index in [1.807, 2.05) is 43.3 Å². The van der Waals surface area contributed by atoms with Gasteiger partial charge in [-0.2, -0.15) is 0 Å². The predicted molar refractivity (Wildman–Crippen MR) is 108 cm³/mol. The fourth-order valence-electron chi connectivity index (χ4n) is 3.21. The van der Waals surface area contributed by atoms with E-state index in [9.17, 15) is 8.42 Å². The third-order valence-corrected chi connectivity index (χ3v) is 7.67. The first kappa shape index (κ1) is 17.1. The number of aryl methyl sites for hydroxylation is 1. The Balaban J connectivity index is 1.53. The number of benzene rings is 2. The minimum Gasteiger partial charge on any atom is -0.341 e. The number of sulfonamides is 1. The van der Waals surface area contributed by atoms with Gasteiger partial charge in [0.05, 0.1) is 0 Å². The summed E-state index contributed by atoms with van der Waals surface area (Å²) in [7, 11) is -3.53. The summed E-state index contributed by atoms with van der Waals surface area (Å²) in [5, 5.41) is 0. The zero-order valence-corrected chi connectivity index (χ0v) is 16.1. The predicted octanol–water partition coefficient (Wildman–Crippen LogP) is 4.81. The minimum atomic E-state index is -3.53. The molecular weight excluding hydrogens is 364 g/mol. The Bertz CT molecular complexity index is 1020. The van der Waals surface area contributed by atoms with E-state index in [1.54, 1.807) is 6.07 Å². The van der Waals surface area contributed by atoms with E-state index < -0.39 is 10.0 Å². The van der Waals surface area contributed by atoms with E-state index in [4.69, 9.17) is 0 Å². The number of hydrogen-bond donors (Lipinski definition) is 1. The maximum atomic E-state index is 12.5. The molecule has 3 aromatic rings. The van der Waals surface area contributed by atoms with Crippen LogP contribution >= 0.6 is 11.3 Å². The lowest BCUT2D eigenvalue weighted by molar-refractivity contribution is 0.603. The lowest BCUT2D eigenvalue weighted by atomic mass is 10.2. The largest absolute Gasteiger partial charge is 0.341 e. The molecule has 2 aromatic carbocycles. The van der Waals surface area contributed by atoms with Crippen LogP contribution in [0.1, 0.15) is 17.4 Å². The van der Waals surface area contributed by atoms with Crippen molar-refractivity contribution in [1.29, 1.82) is 0 Å². The Morgan fingerprint density at radius 3 is 2.54 bits per heavy atom. The van der Waals surface area contributed by atoms with Gasteiger partial charge < -0.3 is 4.90 Å². The minimum absolute atomic E-state index is 0.354. The van der Waals surface area contributed by atoms with Crippen molar-refractivity contribution in [3.63, 3.8) is 0 Å². The van der Waals surface area contributed by atoms with Crippen LogP contribution in [0.3, 0.4) is 0 Å². The van der Waals surface area contributed by atoms with Crippen molar-refractivity contribution in [2.75, 3.05) is 16.2 Å². The number of rotatable bonds is 5. The summed E-state index contributed by atoms with van der Waals surface area (Å²) >= 11 is 1.32. The Labute approximate surface area is 158 Å². The first-order chi connectivity index (χ1) is 12.6. The van der Waals surface area contributed by atoms with E-state index in [1.165, 1.54) is 22.6 Å². The molecule has 1 aliphatic rings. The van der Waals surface area contributed by atoms with Gasteiger partial charge in [-0.15, -0.1) is 11.3 Å². The number of nitrogens with one attached hydrogen (secondary N) is 1. The van der Waals surface area contributed by atoms with Crippen LogP contribution < -0.4 is 9.62 Å². The molecule has 1 N–H and O–H groups in total. The average molecular weight is 385 g/mol. The molecule has 4 rings (SSSR count). The van der Waals surface area contributed by atoms with Crippen LogP contribution in [0.2, 0.25) is 0 Å². The maximum absolute atomic E-state index is 12.5. The average Bonchev–Trinajstić information content (AvgIpc) is 3.29. The van der Waals surface area contributed by atoms with Gasteiger partial charge in [0.25, 0.3) is 10.0 Å². The van der Waals surface area contributed by atoms with Crippen molar-refractivity contribution in [2.24, 2.45) is 0 Å². The number of fused-ring (bicyclic) bond motifs is 1. The molecule has 0 amide bonds. The maximum Gasteiger partial charge on any atom is 0.271 e. The van der Waals surface area contributed by atoms with Crippen molar-refractivity contribution >= 4 is 38.4 Å². The Morgan fingerprint density at radius 2 is 1.81 bits per heavy atom. The van der Waals surface area contributed by atoms with Gasteiger partial charge in [-0.05, 0) is 60.9 Å². The standard InChI is InChI=1S/C20H20N2O2S2/c1-2-18-11-12-20(25-18)26(23,24)21-16-7-9-17(10-8-16)22-14-13-15-5-3-4-6-19(15)22/h3-12,21H,2,13-14H2,1H3. The lowest BCUT2D eigenvalue weighted by Gasteiger charge is -2.20. The fourth-order valence-corrected chi connectivity index (χ4v) is 5.57. The SMILES string of the molecule is CCc1ccc(S(=O)(=O)Nc2ccc(N3CCc4ccccc43)cc2)s1. The van der Waals surface area contributed by atoms with E-state index in [-0.39, 0.29) is 0 Å². The van der Waals surface area contributed by atoms with E-state index in [0.29, 0.717) is 9.90 Å². The number of thiophene rings is 1. The summed E-state index contributed by atoms with van der Waals surface area (Å²) < 4.78 is 28.1. The molecule has 0 radical (unpaired) electrons. The summed E-state index contributed by atoms with van der Waals surface area (Å²) in [6, 6.07) is 19.5. The Hall–Kier alpha value is -2.31. The van der Waals surface area contributed by atoms with Gasteiger partial charge in [-0.25, -0.2) is 8.42 Å². The first-order valence-electron chi connectivity index (χ1n) is 8.64.